The molecule has 30 heavy (non-hydrogen) atoms. The van der Waals surface area contributed by atoms with E-state index in [1.807, 2.05) is 0 Å². The Labute approximate surface area is 185 Å². The van der Waals surface area contributed by atoms with Gasteiger partial charge in [0, 0.05) is 10.0 Å². The predicted octanol–water partition coefficient (Wildman–Crippen LogP) is 2.67. The van der Waals surface area contributed by atoms with E-state index in [9.17, 15) is 30.4 Å². The molecule has 0 unspecified atom stereocenters. The Morgan fingerprint density at radius 1 is 0.633 bits per heavy atom. The van der Waals surface area contributed by atoms with Crippen LogP contribution in [-0.2, 0) is 12.6 Å². The van der Waals surface area contributed by atoms with Crippen LogP contribution >= 0.6 is 23.2 Å². The maximum atomic E-state index is 14.1. The van der Waals surface area contributed by atoms with E-state index in [1.54, 1.807) is 0 Å². The molecule has 0 fully saturated rings. The quantitative estimate of drug-likeness (QED) is 0.197. The van der Waals surface area contributed by atoms with Crippen LogP contribution in [0.25, 0.3) is 0 Å². The maximum absolute atomic E-state index is 14.1. The SMILES string of the molecule is O=S(=O)(O[I+](c1ccc(Cl)cc1)c1ccc(Cl)cc1)c1c(F)c(F)c(F)c(F)c1F. The van der Waals surface area contributed by atoms with Gasteiger partial charge >= 0.3 is 30.4 Å². The molecule has 3 nitrogen and oxygen atoms in total. The minimum absolute atomic E-state index is 0.327. The normalized spacial score (nSPS) is 11.9. The van der Waals surface area contributed by atoms with E-state index in [2.05, 4.69) is 0 Å². The Kier molecular flexibility index (Phi) is 6.92. The Bertz CT molecular complexity index is 1130. The zero-order chi connectivity index (χ0) is 22.2. The zero-order valence-electron chi connectivity index (χ0n) is 14.3. The molecule has 0 N–H and O–H groups in total. The van der Waals surface area contributed by atoms with Crippen LogP contribution in [0.2, 0.25) is 10.0 Å². The van der Waals surface area contributed by atoms with Crippen LogP contribution < -0.4 is 20.2 Å². The lowest BCUT2D eigenvalue weighted by Crippen LogP contribution is -3.85. The average molecular weight is 597 g/mol. The highest BCUT2D eigenvalue weighted by Gasteiger charge is 2.43. The predicted molar refractivity (Wildman–Crippen MR) is 94.8 cm³/mol. The zero-order valence-corrected chi connectivity index (χ0v) is 18.8. The molecule has 159 valence electrons. The van der Waals surface area contributed by atoms with E-state index in [1.165, 1.54) is 48.5 Å². The molecule has 3 aromatic carbocycles. The van der Waals surface area contributed by atoms with Gasteiger partial charge < -0.3 is 0 Å². The smallest absolute Gasteiger partial charge is 0.202 e. The van der Waals surface area contributed by atoms with Gasteiger partial charge in [-0.1, -0.05) is 23.2 Å². The molecule has 1 radical (unpaired) electrons. The molecule has 0 saturated heterocycles. The van der Waals surface area contributed by atoms with Crippen molar-refractivity contribution in [1.82, 2.24) is 0 Å². The lowest BCUT2D eigenvalue weighted by Gasteiger charge is -2.09. The summed E-state index contributed by atoms with van der Waals surface area (Å²) in [5.41, 5.74) is 0. The van der Waals surface area contributed by atoms with E-state index in [-0.39, 0.29) is 0 Å². The van der Waals surface area contributed by atoms with Crippen molar-refractivity contribution in [3.05, 3.63) is 94.8 Å². The minimum Gasteiger partial charge on any atom is -0.202 e. The van der Waals surface area contributed by atoms with Gasteiger partial charge in [-0.15, -0.1) is 0 Å². The topological polar surface area (TPSA) is 43.4 Å². The second kappa shape index (κ2) is 8.95. The van der Waals surface area contributed by atoms with Gasteiger partial charge in [0.1, 0.15) is 0 Å². The fourth-order valence-electron chi connectivity index (χ4n) is 2.21. The first-order valence-corrected chi connectivity index (χ1v) is 12.9. The molecule has 0 aliphatic heterocycles. The molecule has 0 aliphatic rings. The molecule has 0 heterocycles. The van der Waals surface area contributed by atoms with E-state index >= 15 is 0 Å². The molecule has 0 bridgehead atoms. The lowest BCUT2D eigenvalue weighted by molar-refractivity contribution is -1.03. The summed E-state index contributed by atoms with van der Waals surface area (Å²) in [6.07, 6.45) is 0. The van der Waals surface area contributed by atoms with E-state index in [4.69, 9.17) is 25.7 Å². The summed E-state index contributed by atoms with van der Waals surface area (Å²) in [5.74, 6) is -12.3. The van der Waals surface area contributed by atoms with Crippen molar-refractivity contribution in [2.24, 2.45) is 0 Å². The minimum atomic E-state index is -5.39. The summed E-state index contributed by atoms with van der Waals surface area (Å²) in [6, 6.07) is 11.5. The van der Waals surface area contributed by atoms with E-state index in [0.717, 1.165) is 0 Å². The molecule has 0 aliphatic carbocycles. The maximum Gasteiger partial charge on any atom is 0.342 e. The molecule has 0 spiro atoms. The number of benzene rings is 3. The second-order valence-corrected chi connectivity index (χ2v) is 12.8. The van der Waals surface area contributed by atoms with Crippen molar-refractivity contribution in [1.29, 1.82) is 0 Å². The first-order chi connectivity index (χ1) is 14.0. The molecular weight excluding hydrogens is 589 g/mol. The summed E-state index contributed by atoms with van der Waals surface area (Å²) in [5, 5.41) is 0.654. The van der Waals surface area contributed by atoms with Crippen LogP contribution in [0.15, 0.2) is 53.4 Å². The van der Waals surface area contributed by atoms with Crippen molar-refractivity contribution in [2.75, 3.05) is 0 Å². The molecular formula is C18H8Cl2F5IO3S+. The van der Waals surface area contributed by atoms with Crippen LogP contribution in [0.5, 0.6) is 0 Å². The van der Waals surface area contributed by atoms with Gasteiger partial charge in [0.25, 0.3) is 0 Å². The standard InChI is InChI=1S/C18H8Cl2F5IO3S/c19-9-1-5-11(6-2-9)26(12-7-3-10(20)4-8-12)29-30(27,28)18-16(24)14(22)13(21)15(23)17(18)25/h1-8H/q+1. The van der Waals surface area contributed by atoms with Crippen LogP contribution in [-0.4, -0.2) is 8.42 Å². The van der Waals surface area contributed by atoms with Crippen molar-refractivity contribution in [2.45, 2.75) is 4.90 Å². The lowest BCUT2D eigenvalue weighted by atomic mass is 10.3. The first kappa shape index (κ1) is 23.2. The van der Waals surface area contributed by atoms with Gasteiger partial charge in [-0.2, -0.15) is 8.42 Å². The molecule has 0 saturated carbocycles. The van der Waals surface area contributed by atoms with Gasteiger partial charge in [0.15, 0.2) is 35.3 Å². The first-order valence-electron chi connectivity index (χ1n) is 7.70. The summed E-state index contributed by atoms with van der Waals surface area (Å²) in [4.78, 5) is -2.05. The summed E-state index contributed by atoms with van der Waals surface area (Å²) < 4.78 is 99.4. The van der Waals surface area contributed by atoms with Crippen LogP contribution in [0, 0.1) is 36.2 Å². The molecule has 3 rings (SSSR count). The van der Waals surface area contributed by atoms with Crippen molar-refractivity contribution in [3.8, 4) is 0 Å². The van der Waals surface area contributed by atoms with Crippen LogP contribution in [0.4, 0.5) is 22.0 Å². The molecule has 0 aromatic heterocycles. The number of hydrogen-bond donors (Lipinski definition) is 0. The third-order valence-corrected chi connectivity index (χ3v) is 11.4. The summed E-state index contributed by atoms with van der Waals surface area (Å²) >= 11 is 8.18. The Balaban J connectivity index is 2.15. The fourth-order valence-corrected chi connectivity index (χ4v) is 9.40. The molecule has 0 atom stereocenters. The largest absolute Gasteiger partial charge is 0.342 e. The van der Waals surface area contributed by atoms with Gasteiger partial charge in [-0.25, -0.2) is 22.0 Å². The highest BCUT2D eigenvalue weighted by molar-refractivity contribution is 7.86. The van der Waals surface area contributed by atoms with Gasteiger partial charge in [-0.3, -0.25) is 0 Å². The van der Waals surface area contributed by atoms with Crippen LogP contribution in [0.3, 0.4) is 0 Å². The van der Waals surface area contributed by atoms with Crippen molar-refractivity contribution in [3.63, 3.8) is 0 Å². The summed E-state index contributed by atoms with van der Waals surface area (Å²) in [7, 11) is -5.39. The molecule has 3 aromatic rings. The van der Waals surface area contributed by atoms with Gasteiger partial charge in [-0.05, 0) is 51.0 Å². The highest BCUT2D eigenvalue weighted by atomic mass is 127. The van der Waals surface area contributed by atoms with Crippen LogP contribution in [0.1, 0.15) is 0 Å². The third kappa shape index (κ3) is 4.57. The van der Waals surface area contributed by atoms with Crippen molar-refractivity contribution < 1.29 is 53.1 Å². The summed E-state index contributed by atoms with van der Waals surface area (Å²) in [6.45, 7) is 0. The third-order valence-electron chi connectivity index (χ3n) is 3.57. The Hall–Kier alpha value is -1.47. The van der Waals surface area contributed by atoms with E-state index in [0.29, 0.717) is 17.2 Å². The van der Waals surface area contributed by atoms with Crippen molar-refractivity contribution >= 4 is 33.3 Å². The van der Waals surface area contributed by atoms with E-state index < -0.39 is 64.3 Å². The molecule has 0 amide bonds. The highest BCUT2D eigenvalue weighted by Crippen LogP contribution is 2.27. The monoisotopic (exact) mass is 596 g/mol. The fraction of sp³-hybridized carbons (Fsp3) is 0. The number of halogens is 8. The molecule has 12 heteroatoms. The average Bonchev–Trinajstić information content (AvgIpc) is 2.70. The number of hydrogen-bond acceptors (Lipinski definition) is 3. The Morgan fingerprint density at radius 3 is 1.33 bits per heavy atom. The second-order valence-electron chi connectivity index (χ2n) is 5.54. The Morgan fingerprint density at radius 2 is 0.967 bits per heavy atom. The van der Waals surface area contributed by atoms with Gasteiger partial charge in [0.2, 0.25) is 5.82 Å². The number of rotatable bonds is 5. The van der Waals surface area contributed by atoms with Gasteiger partial charge in [0.05, 0.1) is 0 Å².